The maximum Gasteiger partial charge on any atom is 0.254 e. The van der Waals surface area contributed by atoms with Crippen LogP contribution in [-0.4, -0.2) is 15.0 Å². The molecule has 0 saturated carbocycles. The minimum atomic E-state index is 0.0170. The average Bonchev–Trinajstić information content (AvgIpc) is 2.72. The van der Waals surface area contributed by atoms with E-state index in [1.807, 2.05) is 13.0 Å². The summed E-state index contributed by atoms with van der Waals surface area (Å²) in [5.41, 5.74) is 3.95. The van der Waals surface area contributed by atoms with Gasteiger partial charge in [-0.05, 0) is 44.2 Å². The Morgan fingerprint density at radius 2 is 2.14 bits per heavy atom. The Labute approximate surface area is 138 Å². The van der Waals surface area contributed by atoms with Crippen LogP contribution in [0.3, 0.4) is 0 Å². The highest BCUT2D eigenvalue weighted by Crippen LogP contribution is 2.26. The zero-order valence-electron chi connectivity index (χ0n) is 12.5. The second kappa shape index (κ2) is 6.84. The fourth-order valence-electron chi connectivity index (χ4n) is 2.70. The summed E-state index contributed by atoms with van der Waals surface area (Å²) in [6, 6.07) is 1.94. The first-order valence-corrected chi connectivity index (χ1v) is 8.86. The summed E-state index contributed by atoms with van der Waals surface area (Å²) in [7, 11) is 0. The topological polar surface area (TPSA) is 58.6 Å². The molecule has 0 aromatic carbocycles. The number of aryl methyl sites for hydroxylation is 2. The molecule has 0 fully saturated rings. The number of H-pyrrole nitrogens is 1. The van der Waals surface area contributed by atoms with Gasteiger partial charge in [-0.3, -0.25) is 4.79 Å². The molecule has 1 N–H and O–H groups in total. The van der Waals surface area contributed by atoms with Gasteiger partial charge in [-0.15, -0.1) is 0 Å². The van der Waals surface area contributed by atoms with Crippen molar-refractivity contribution in [3.8, 4) is 0 Å². The summed E-state index contributed by atoms with van der Waals surface area (Å²) in [6.45, 7) is 2.01. The van der Waals surface area contributed by atoms with Crippen LogP contribution in [-0.2, 0) is 18.6 Å². The van der Waals surface area contributed by atoms with Crippen molar-refractivity contribution in [2.45, 2.75) is 49.9 Å². The van der Waals surface area contributed by atoms with Crippen LogP contribution < -0.4 is 5.56 Å². The number of rotatable bonds is 3. The molecule has 0 aliphatic heterocycles. The lowest BCUT2D eigenvalue weighted by Gasteiger charge is -2.09. The molecular formula is C16H18ClN3OS. The van der Waals surface area contributed by atoms with Crippen molar-refractivity contribution in [1.82, 2.24) is 15.0 Å². The second-order valence-corrected chi connectivity index (χ2v) is 6.86. The molecule has 0 radical (unpaired) electrons. The molecule has 116 valence electrons. The fourth-order valence-corrected chi connectivity index (χ4v) is 4.03. The van der Waals surface area contributed by atoms with Crippen LogP contribution in [0.25, 0.3) is 0 Å². The fraction of sp³-hybridized carbons (Fsp3) is 0.438. The van der Waals surface area contributed by atoms with Crippen molar-refractivity contribution in [1.29, 1.82) is 0 Å². The molecule has 0 unspecified atom stereocenters. The van der Waals surface area contributed by atoms with Crippen molar-refractivity contribution < 1.29 is 0 Å². The number of nitrogens with one attached hydrogen (secondary N) is 1. The van der Waals surface area contributed by atoms with E-state index in [-0.39, 0.29) is 5.56 Å². The van der Waals surface area contributed by atoms with Gasteiger partial charge in [-0.1, -0.05) is 29.8 Å². The van der Waals surface area contributed by atoms with E-state index in [1.165, 1.54) is 18.2 Å². The standard InChI is InChI=1S/C16H18ClN3OS/c1-10-7-8-18-14(17)12(10)9-22-16-19-13-6-4-2-3-5-11(13)15(21)20-16/h7-8H,2-6,9H2,1H3,(H,19,20,21). The largest absolute Gasteiger partial charge is 0.301 e. The molecule has 0 spiro atoms. The van der Waals surface area contributed by atoms with Crippen molar-refractivity contribution in [3.05, 3.63) is 50.2 Å². The monoisotopic (exact) mass is 335 g/mol. The van der Waals surface area contributed by atoms with Crippen molar-refractivity contribution in [2.24, 2.45) is 0 Å². The van der Waals surface area contributed by atoms with Crippen molar-refractivity contribution >= 4 is 23.4 Å². The van der Waals surface area contributed by atoms with Crippen LogP contribution in [0.2, 0.25) is 5.15 Å². The quantitative estimate of drug-likeness (QED) is 0.402. The Morgan fingerprint density at radius 3 is 2.95 bits per heavy atom. The van der Waals surface area contributed by atoms with E-state index in [4.69, 9.17) is 11.6 Å². The third-order valence-corrected chi connectivity index (χ3v) is 5.24. The van der Waals surface area contributed by atoms with E-state index in [1.54, 1.807) is 6.20 Å². The highest BCUT2D eigenvalue weighted by atomic mass is 35.5. The summed E-state index contributed by atoms with van der Waals surface area (Å²) in [4.78, 5) is 23.9. The number of aromatic amines is 1. The maximum atomic E-state index is 12.2. The van der Waals surface area contributed by atoms with E-state index < -0.39 is 0 Å². The number of pyridine rings is 1. The molecule has 0 amide bonds. The second-order valence-electron chi connectivity index (χ2n) is 5.54. The van der Waals surface area contributed by atoms with Gasteiger partial charge in [0.15, 0.2) is 5.16 Å². The van der Waals surface area contributed by atoms with Crippen molar-refractivity contribution in [3.63, 3.8) is 0 Å². The molecule has 0 saturated heterocycles. The Balaban J connectivity index is 1.83. The molecular weight excluding hydrogens is 318 g/mol. The molecule has 22 heavy (non-hydrogen) atoms. The number of nitrogens with zero attached hydrogens (tertiary/aromatic N) is 2. The molecule has 6 heteroatoms. The minimum Gasteiger partial charge on any atom is -0.301 e. The highest BCUT2D eigenvalue weighted by molar-refractivity contribution is 7.98. The zero-order chi connectivity index (χ0) is 15.5. The van der Waals surface area contributed by atoms with Crippen LogP contribution >= 0.6 is 23.4 Å². The summed E-state index contributed by atoms with van der Waals surface area (Å²) < 4.78 is 0. The smallest absolute Gasteiger partial charge is 0.254 e. The summed E-state index contributed by atoms with van der Waals surface area (Å²) in [5.74, 6) is 0.653. The SMILES string of the molecule is Cc1ccnc(Cl)c1CSc1nc2c(c(=O)[nH]1)CCCCC2. The van der Waals surface area contributed by atoms with Crippen LogP contribution in [0.1, 0.15) is 41.6 Å². The normalized spacial score (nSPS) is 14.5. The van der Waals surface area contributed by atoms with E-state index in [0.29, 0.717) is 16.1 Å². The van der Waals surface area contributed by atoms with Gasteiger partial charge in [0.1, 0.15) is 5.15 Å². The molecule has 2 aromatic rings. The predicted octanol–water partition coefficient (Wildman–Crippen LogP) is 3.69. The van der Waals surface area contributed by atoms with E-state index in [0.717, 1.165) is 48.1 Å². The van der Waals surface area contributed by atoms with E-state index in [2.05, 4.69) is 15.0 Å². The molecule has 1 aliphatic carbocycles. The Hall–Kier alpha value is -1.33. The summed E-state index contributed by atoms with van der Waals surface area (Å²) in [5, 5.41) is 1.19. The van der Waals surface area contributed by atoms with Gasteiger partial charge in [-0.2, -0.15) is 0 Å². The van der Waals surface area contributed by atoms with Gasteiger partial charge in [0.2, 0.25) is 0 Å². The molecule has 1 aliphatic rings. The Morgan fingerprint density at radius 1 is 1.32 bits per heavy atom. The third-order valence-electron chi connectivity index (χ3n) is 4.01. The van der Waals surface area contributed by atoms with Crippen LogP contribution in [0.15, 0.2) is 22.2 Å². The number of aromatic nitrogens is 3. The number of halogens is 1. The minimum absolute atomic E-state index is 0.0170. The Kier molecular flexibility index (Phi) is 4.84. The van der Waals surface area contributed by atoms with Crippen LogP contribution in [0, 0.1) is 6.92 Å². The molecule has 3 rings (SSSR count). The summed E-state index contributed by atoms with van der Waals surface area (Å²) >= 11 is 7.65. The number of hydrogen-bond acceptors (Lipinski definition) is 4. The summed E-state index contributed by atoms with van der Waals surface area (Å²) in [6.07, 6.45) is 6.81. The van der Waals surface area contributed by atoms with Gasteiger partial charge in [-0.25, -0.2) is 9.97 Å². The first-order valence-electron chi connectivity index (χ1n) is 7.50. The molecule has 4 nitrogen and oxygen atoms in total. The Bertz CT molecular complexity index is 724. The lowest BCUT2D eigenvalue weighted by Crippen LogP contribution is -2.17. The maximum absolute atomic E-state index is 12.2. The first-order chi connectivity index (χ1) is 10.6. The van der Waals surface area contributed by atoms with Crippen LogP contribution in [0.4, 0.5) is 0 Å². The van der Waals surface area contributed by atoms with Crippen molar-refractivity contribution in [2.75, 3.05) is 0 Å². The predicted molar refractivity (Wildman–Crippen MR) is 89.7 cm³/mol. The molecule has 2 aromatic heterocycles. The number of hydrogen-bond donors (Lipinski definition) is 1. The lowest BCUT2D eigenvalue weighted by molar-refractivity contribution is 0.707. The lowest BCUT2D eigenvalue weighted by atomic mass is 10.1. The highest BCUT2D eigenvalue weighted by Gasteiger charge is 2.15. The number of thioether (sulfide) groups is 1. The first kappa shape index (κ1) is 15.6. The van der Waals surface area contributed by atoms with Gasteiger partial charge in [0, 0.05) is 23.1 Å². The van der Waals surface area contributed by atoms with Gasteiger partial charge < -0.3 is 4.98 Å². The van der Waals surface area contributed by atoms with Crippen LogP contribution in [0.5, 0.6) is 0 Å². The van der Waals surface area contributed by atoms with Gasteiger partial charge in [0.25, 0.3) is 5.56 Å². The molecule has 2 heterocycles. The van der Waals surface area contributed by atoms with E-state index >= 15 is 0 Å². The third kappa shape index (κ3) is 3.36. The van der Waals surface area contributed by atoms with E-state index in [9.17, 15) is 4.79 Å². The number of fused-ring (bicyclic) bond motifs is 1. The zero-order valence-corrected chi connectivity index (χ0v) is 14.1. The van der Waals surface area contributed by atoms with Gasteiger partial charge >= 0.3 is 0 Å². The van der Waals surface area contributed by atoms with Gasteiger partial charge in [0.05, 0.1) is 5.69 Å². The average molecular weight is 336 g/mol. The molecule has 0 atom stereocenters. The molecule has 0 bridgehead atoms.